The first-order chi connectivity index (χ1) is 12.4. The van der Waals surface area contributed by atoms with Crippen molar-refractivity contribution in [2.45, 2.75) is 6.04 Å². The van der Waals surface area contributed by atoms with Crippen molar-refractivity contribution in [3.8, 4) is 0 Å². The summed E-state index contributed by atoms with van der Waals surface area (Å²) in [7, 11) is 4.42. The molecule has 0 aromatic heterocycles. The first-order valence-electron chi connectivity index (χ1n) is 7.38. The van der Waals surface area contributed by atoms with Crippen LogP contribution in [0.25, 0.3) is 0 Å². The molecule has 0 spiro atoms. The Balaban J connectivity index is 2.94. The summed E-state index contributed by atoms with van der Waals surface area (Å²) < 4.78 is 19.0. The monoisotopic (exact) mass is 363 g/mol. The SMILES string of the molecule is COC(=O)C1=C(C(=O)OC)[C@H]2C=CC=CN2C(C(=O)OC)=C1C(=O)OC. The van der Waals surface area contributed by atoms with E-state index in [1.807, 2.05) is 0 Å². The summed E-state index contributed by atoms with van der Waals surface area (Å²) in [5.74, 6) is -3.74. The van der Waals surface area contributed by atoms with Gasteiger partial charge in [0.05, 0.1) is 45.6 Å². The zero-order valence-corrected chi connectivity index (χ0v) is 14.6. The number of hydrogen-bond acceptors (Lipinski definition) is 9. The summed E-state index contributed by atoms with van der Waals surface area (Å²) in [6, 6.07) is -0.871. The number of carbonyl (C=O) groups excluding carboxylic acids is 4. The van der Waals surface area contributed by atoms with Crippen molar-refractivity contribution in [1.82, 2.24) is 4.90 Å². The summed E-state index contributed by atoms with van der Waals surface area (Å²) >= 11 is 0. The van der Waals surface area contributed by atoms with Gasteiger partial charge in [0.25, 0.3) is 0 Å². The average molecular weight is 363 g/mol. The molecule has 9 heteroatoms. The van der Waals surface area contributed by atoms with Crippen LogP contribution in [-0.4, -0.2) is 63.3 Å². The van der Waals surface area contributed by atoms with Gasteiger partial charge in [-0.05, 0) is 6.08 Å². The molecule has 1 atom stereocenters. The van der Waals surface area contributed by atoms with Gasteiger partial charge >= 0.3 is 23.9 Å². The van der Waals surface area contributed by atoms with Gasteiger partial charge in [0.2, 0.25) is 0 Å². The highest BCUT2D eigenvalue weighted by Gasteiger charge is 2.45. The smallest absolute Gasteiger partial charge is 0.355 e. The van der Waals surface area contributed by atoms with E-state index in [-0.39, 0.29) is 11.3 Å². The lowest BCUT2D eigenvalue weighted by Gasteiger charge is -2.37. The molecule has 0 saturated carbocycles. The Morgan fingerprint density at radius 2 is 1.31 bits per heavy atom. The van der Waals surface area contributed by atoms with Gasteiger partial charge in [-0.3, -0.25) is 0 Å². The molecule has 0 unspecified atom stereocenters. The molecule has 26 heavy (non-hydrogen) atoms. The molecule has 0 aromatic rings. The van der Waals surface area contributed by atoms with Crippen LogP contribution in [0.5, 0.6) is 0 Å². The second-order valence-electron chi connectivity index (χ2n) is 5.06. The largest absolute Gasteiger partial charge is 0.466 e. The summed E-state index contributed by atoms with van der Waals surface area (Å²) in [6.45, 7) is 0. The van der Waals surface area contributed by atoms with Crippen LogP contribution >= 0.6 is 0 Å². The molecule has 0 N–H and O–H groups in total. The molecule has 0 bridgehead atoms. The third-order valence-corrected chi connectivity index (χ3v) is 3.82. The minimum atomic E-state index is -1.01. The summed E-state index contributed by atoms with van der Waals surface area (Å²) in [5.41, 5.74) is -1.26. The standard InChI is InChI=1S/C17H17NO8/c1-23-14(19)10-9-7-5-6-8-18(9)13(17(22)26-4)12(16(21)25-3)11(10)15(20)24-2/h5-9H,1-4H3/t9-/m1/s1. The predicted molar refractivity (Wildman–Crippen MR) is 86.0 cm³/mol. The Bertz CT molecular complexity index is 721. The fourth-order valence-electron chi connectivity index (χ4n) is 2.73. The summed E-state index contributed by atoms with van der Waals surface area (Å²) in [5, 5.41) is 0. The van der Waals surface area contributed by atoms with E-state index in [1.54, 1.807) is 18.2 Å². The molecule has 0 amide bonds. The van der Waals surface area contributed by atoms with Crippen LogP contribution in [-0.2, 0) is 38.1 Å². The van der Waals surface area contributed by atoms with E-state index in [9.17, 15) is 19.2 Å². The third kappa shape index (κ3) is 2.99. The third-order valence-electron chi connectivity index (χ3n) is 3.82. The van der Waals surface area contributed by atoms with E-state index in [0.29, 0.717) is 0 Å². The highest BCUT2D eigenvalue weighted by Crippen LogP contribution is 2.37. The highest BCUT2D eigenvalue weighted by atomic mass is 16.5. The van der Waals surface area contributed by atoms with Crippen molar-refractivity contribution in [2.24, 2.45) is 0 Å². The van der Waals surface area contributed by atoms with Crippen molar-refractivity contribution in [3.05, 3.63) is 46.8 Å². The van der Waals surface area contributed by atoms with E-state index in [0.717, 1.165) is 28.4 Å². The molecule has 138 valence electrons. The van der Waals surface area contributed by atoms with Crippen LogP contribution in [0.1, 0.15) is 0 Å². The van der Waals surface area contributed by atoms with Crippen LogP contribution in [0.4, 0.5) is 0 Å². The van der Waals surface area contributed by atoms with Crippen molar-refractivity contribution in [2.75, 3.05) is 28.4 Å². The van der Waals surface area contributed by atoms with Crippen LogP contribution in [0.15, 0.2) is 46.8 Å². The fraction of sp³-hybridized carbons (Fsp3) is 0.294. The van der Waals surface area contributed by atoms with Crippen molar-refractivity contribution in [3.63, 3.8) is 0 Å². The van der Waals surface area contributed by atoms with Crippen LogP contribution in [0.2, 0.25) is 0 Å². The number of allylic oxidation sites excluding steroid dienone is 2. The highest BCUT2D eigenvalue weighted by molar-refractivity contribution is 6.16. The fourth-order valence-corrected chi connectivity index (χ4v) is 2.73. The lowest BCUT2D eigenvalue weighted by Crippen LogP contribution is -2.44. The second kappa shape index (κ2) is 7.68. The molecule has 2 rings (SSSR count). The van der Waals surface area contributed by atoms with E-state index in [2.05, 4.69) is 0 Å². The zero-order chi connectivity index (χ0) is 19.4. The summed E-state index contributed by atoms with van der Waals surface area (Å²) in [6.07, 6.45) is 6.24. The van der Waals surface area contributed by atoms with Gasteiger partial charge in [-0.2, -0.15) is 0 Å². The van der Waals surface area contributed by atoms with Gasteiger partial charge in [0.15, 0.2) is 0 Å². The molecule has 2 aliphatic rings. The molecular weight excluding hydrogens is 346 g/mol. The van der Waals surface area contributed by atoms with E-state index in [1.165, 1.54) is 11.1 Å². The minimum Gasteiger partial charge on any atom is -0.466 e. The van der Waals surface area contributed by atoms with Gasteiger partial charge in [-0.25, -0.2) is 19.2 Å². The van der Waals surface area contributed by atoms with E-state index in [4.69, 9.17) is 18.9 Å². The van der Waals surface area contributed by atoms with E-state index >= 15 is 0 Å². The molecule has 9 nitrogen and oxygen atoms in total. The van der Waals surface area contributed by atoms with Crippen LogP contribution < -0.4 is 0 Å². The lowest BCUT2D eigenvalue weighted by molar-refractivity contribution is -0.143. The van der Waals surface area contributed by atoms with Gasteiger partial charge < -0.3 is 23.8 Å². The maximum absolute atomic E-state index is 12.4. The molecule has 0 saturated heterocycles. The number of ether oxygens (including phenoxy) is 4. The number of hydrogen-bond donors (Lipinski definition) is 0. The maximum Gasteiger partial charge on any atom is 0.355 e. The molecule has 0 aliphatic carbocycles. The molecular formula is C17H17NO8. The first kappa shape index (κ1) is 19.0. The Kier molecular flexibility index (Phi) is 5.61. The Morgan fingerprint density at radius 1 is 0.769 bits per heavy atom. The number of methoxy groups -OCH3 is 4. The van der Waals surface area contributed by atoms with Crippen molar-refractivity contribution >= 4 is 23.9 Å². The second-order valence-corrected chi connectivity index (χ2v) is 5.06. The zero-order valence-electron chi connectivity index (χ0n) is 14.6. The van der Waals surface area contributed by atoms with Gasteiger partial charge in [0.1, 0.15) is 11.3 Å². The molecule has 0 aromatic carbocycles. The predicted octanol–water partition coefficient (Wildman–Crippen LogP) is -0.00320. The number of esters is 4. The van der Waals surface area contributed by atoms with E-state index < -0.39 is 41.1 Å². The lowest BCUT2D eigenvalue weighted by atomic mass is 9.86. The number of fused-ring (bicyclic) bond motifs is 1. The molecule has 0 fully saturated rings. The van der Waals surface area contributed by atoms with Crippen LogP contribution in [0.3, 0.4) is 0 Å². The number of carbonyl (C=O) groups is 4. The molecule has 0 radical (unpaired) electrons. The van der Waals surface area contributed by atoms with Gasteiger partial charge in [-0.1, -0.05) is 12.2 Å². The quantitative estimate of drug-likeness (QED) is 0.503. The topological polar surface area (TPSA) is 108 Å². The maximum atomic E-state index is 12.4. The Labute approximate surface area is 149 Å². The molecule has 2 heterocycles. The van der Waals surface area contributed by atoms with Crippen LogP contribution in [0, 0.1) is 0 Å². The summed E-state index contributed by atoms with van der Waals surface area (Å²) in [4.78, 5) is 50.9. The van der Waals surface area contributed by atoms with Gasteiger partial charge in [-0.15, -0.1) is 0 Å². The average Bonchev–Trinajstić information content (AvgIpc) is 2.69. The number of rotatable bonds is 4. The number of nitrogens with zero attached hydrogens (tertiary/aromatic N) is 1. The van der Waals surface area contributed by atoms with Gasteiger partial charge in [0, 0.05) is 6.20 Å². The van der Waals surface area contributed by atoms with Crippen molar-refractivity contribution < 1.29 is 38.1 Å². The van der Waals surface area contributed by atoms with Crippen molar-refractivity contribution in [1.29, 1.82) is 0 Å². The normalized spacial score (nSPS) is 18.3. The molecule has 2 aliphatic heterocycles. The first-order valence-corrected chi connectivity index (χ1v) is 7.38. The Morgan fingerprint density at radius 3 is 1.85 bits per heavy atom. The Hall–Kier alpha value is -3.36. The minimum absolute atomic E-state index is 0.159.